The molecule has 0 aliphatic heterocycles. The van der Waals surface area contributed by atoms with Gasteiger partial charge in [0.25, 0.3) is 0 Å². The maximum Gasteiger partial charge on any atom is 0.344 e. The van der Waals surface area contributed by atoms with Crippen LogP contribution in [-0.2, 0) is 16.0 Å². The van der Waals surface area contributed by atoms with Crippen molar-refractivity contribution >= 4 is 11.8 Å². The van der Waals surface area contributed by atoms with E-state index in [1.807, 2.05) is 13.0 Å². The van der Waals surface area contributed by atoms with Gasteiger partial charge in [0.15, 0.2) is 6.10 Å². The average molecular weight is 264 g/mol. The lowest BCUT2D eigenvalue weighted by Gasteiger charge is -2.15. The van der Waals surface area contributed by atoms with Crippen molar-refractivity contribution in [1.82, 2.24) is 0 Å². The summed E-state index contributed by atoms with van der Waals surface area (Å²) in [6.07, 6.45) is 1.74. The Hall–Kier alpha value is -1.84. The summed E-state index contributed by atoms with van der Waals surface area (Å²) < 4.78 is 5.49. The van der Waals surface area contributed by atoms with Gasteiger partial charge in [0.1, 0.15) is 11.5 Å². The van der Waals surface area contributed by atoms with E-state index in [0.29, 0.717) is 18.6 Å². The monoisotopic (exact) mass is 264 g/mol. The highest BCUT2D eigenvalue weighted by Crippen LogP contribution is 2.17. The van der Waals surface area contributed by atoms with Crippen LogP contribution in [0.5, 0.6) is 5.75 Å². The Morgan fingerprint density at radius 2 is 2.11 bits per heavy atom. The topological polar surface area (TPSA) is 63.6 Å². The summed E-state index contributed by atoms with van der Waals surface area (Å²) in [5.41, 5.74) is 0.838. The van der Waals surface area contributed by atoms with Gasteiger partial charge in [-0.25, -0.2) is 4.79 Å². The van der Waals surface area contributed by atoms with Crippen LogP contribution < -0.4 is 4.74 Å². The number of hydrogen-bond acceptors (Lipinski definition) is 3. The van der Waals surface area contributed by atoms with Crippen LogP contribution in [0.4, 0.5) is 0 Å². The van der Waals surface area contributed by atoms with Gasteiger partial charge in [-0.15, -0.1) is 0 Å². The normalized spacial score (nSPS) is 11.9. The van der Waals surface area contributed by atoms with E-state index in [2.05, 4.69) is 0 Å². The second-order valence-electron chi connectivity index (χ2n) is 4.61. The lowest BCUT2D eigenvalue weighted by atomic mass is 10.1. The van der Waals surface area contributed by atoms with Crippen LogP contribution in [-0.4, -0.2) is 23.0 Å². The first-order valence-electron chi connectivity index (χ1n) is 6.50. The molecular weight excluding hydrogens is 244 g/mol. The molecule has 0 spiro atoms. The zero-order valence-corrected chi connectivity index (χ0v) is 11.4. The van der Waals surface area contributed by atoms with E-state index >= 15 is 0 Å². The summed E-state index contributed by atoms with van der Waals surface area (Å²) in [4.78, 5) is 22.2. The molecule has 4 heteroatoms. The maximum atomic E-state index is 11.1. The van der Waals surface area contributed by atoms with Crippen LogP contribution in [0.1, 0.15) is 38.7 Å². The molecule has 0 saturated carbocycles. The molecule has 4 nitrogen and oxygen atoms in total. The van der Waals surface area contributed by atoms with Crippen LogP contribution >= 0.6 is 0 Å². The van der Waals surface area contributed by atoms with Gasteiger partial charge in [0, 0.05) is 6.42 Å². The third-order valence-corrected chi connectivity index (χ3v) is 2.73. The first-order valence-corrected chi connectivity index (χ1v) is 6.50. The average Bonchev–Trinajstić information content (AvgIpc) is 2.33. The van der Waals surface area contributed by atoms with Gasteiger partial charge < -0.3 is 9.84 Å². The first-order chi connectivity index (χ1) is 9.02. The number of carboxylic acids is 1. The summed E-state index contributed by atoms with van der Waals surface area (Å²) in [7, 11) is 0. The van der Waals surface area contributed by atoms with E-state index in [1.165, 1.54) is 6.92 Å². The number of carboxylic acid groups (broad SMARTS) is 1. The largest absolute Gasteiger partial charge is 0.479 e. The number of hydrogen-bond donors (Lipinski definition) is 1. The molecule has 0 fully saturated rings. The highest BCUT2D eigenvalue weighted by Gasteiger charge is 2.18. The molecule has 0 heterocycles. The number of carbonyl (C=O) groups excluding carboxylic acids is 1. The lowest BCUT2D eigenvalue weighted by molar-refractivity contribution is -0.145. The zero-order chi connectivity index (χ0) is 14.3. The standard InChI is InChI=1S/C15H20O4/c1-3-4-8-14(15(17)18)19-13-7-5-6-12(10-13)9-11(2)16/h5-7,10,14H,3-4,8-9H2,1-2H3,(H,17,18). The number of aliphatic carboxylic acids is 1. The van der Waals surface area contributed by atoms with E-state index in [0.717, 1.165) is 18.4 Å². The molecule has 0 aromatic heterocycles. The number of ether oxygens (including phenoxy) is 1. The molecule has 0 saturated heterocycles. The van der Waals surface area contributed by atoms with Gasteiger partial charge in [0.2, 0.25) is 0 Å². The third-order valence-electron chi connectivity index (χ3n) is 2.73. The van der Waals surface area contributed by atoms with Gasteiger partial charge >= 0.3 is 5.97 Å². The minimum atomic E-state index is -0.953. The molecule has 1 unspecified atom stereocenters. The molecule has 1 atom stereocenters. The van der Waals surface area contributed by atoms with Crippen molar-refractivity contribution in [1.29, 1.82) is 0 Å². The van der Waals surface area contributed by atoms with Crippen LogP contribution in [0.15, 0.2) is 24.3 Å². The molecule has 0 radical (unpaired) electrons. The smallest absolute Gasteiger partial charge is 0.344 e. The Bertz CT molecular complexity index is 440. The van der Waals surface area contributed by atoms with E-state index in [1.54, 1.807) is 18.2 Å². The minimum absolute atomic E-state index is 0.0675. The summed E-state index contributed by atoms with van der Waals surface area (Å²) >= 11 is 0. The maximum absolute atomic E-state index is 11.1. The number of rotatable bonds is 8. The van der Waals surface area contributed by atoms with Crippen LogP contribution in [0.3, 0.4) is 0 Å². The molecule has 0 amide bonds. The second kappa shape index (κ2) is 7.56. The van der Waals surface area contributed by atoms with Crippen LogP contribution in [0.2, 0.25) is 0 Å². The van der Waals surface area contributed by atoms with Gasteiger partial charge in [-0.3, -0.25) is 4.79 Å². The quantitative estimate of drug-likeness (QED) is 0.784. The highest BCUT2D eigenvalue weighted by molar-refractivity contribution is 5.78. The summed E-state index contributed by atoms with van der Waals surface area (Å²) in [5.74, 6) is -0.384. The fourth-order valence-corrected chi connectivity index (χ4v) is 1.80. The Morgan fingerprint density at radius 1 is 1.37 bits per heavy atom. The van der Waals surface area contributed by atoms with Crippen molar-refractivity contribution < 1.29 is 19.4 Å². The predicted octanol–water partition coefficient (Wildman–Crippen LogP) is 2.84. The first kappa shape index (κ1) is 15.2. The van der Waals surface area contributed by atoms with Crippen molar-refractivity contribution in [3.63, 3.8) is 0 Å². The molecular formula is C15H20O4. The van der Waals surface area contributed by atoms with Crippen molar-refractivity contribution in [3.05, 3.63) is 29.8 Å². The molecule has 0 aliphatic carbocycles. The van der Waals surface area contributed by atoms with Crippen molar-refractivity contribution in [2.24, 2.45) is 0 Å². The van der Waals surface area contributed by atoms with E-state index in [-0.39, 0.29) is 5.78 Å². The number of carbonyl (C=O) groups is 2. The lowest BCUT2D eigenvalue weighted by Crippen LogP contribution is -2.26. The Labute approximate surface area is 113 Å². The third kappa shape index (κ3) is 5.55. The van der Waals surface area contributed by atoms with Gasteiger partial charge in [-0.05, 0) is 37.5 Å². The number of Topliss-reactive ketones (excluding diaryl/α,β-unsaturated/α-hetero) is 1. The molecule has 0 bridgehead atoms. The Kier molecular flexibility index (Phi) is 6.06. The van der Waals surface area contributed by atoms with Crippen LogP contribution in [0.25, 0.3) is 0 Å². The number of unbranched alkanes of at least 4 members (excludes halogenated alkanes) is 1. The Balaban J connectivity index is 2.72. The molecule has 19 heavy (non-hydrogen) atoms. The Morgan fingerprint density at radius 3 is 2.68 bits per heavy atom. The van der Waals surface area contributed by atoms with Crippen molar-refractivity contribution in [2.45, 2.75) is 45.6 Å². The molecule has 1 aromatic carbocycles. The van der Waals surface area contributed by atoms with Crippen LogP contribution in [0, 0.1) is 0 Å². The number of ketones is 1. The molecule has 1 rings (SSSR count). The summed E-state index contributed by atoms with van der Waals surface area (Å²) in [6, 6.07) is 7.04. The summed E-state index contributed by atoms with van der Waals surface area (Å²) in [5, 5.41) is 9.10. The van der Waals surface area contributed by atoms with Gasteiger partial charge in [-0.2, -0.15) is 0 Å². The van der Waals surface area contributed by atoms with Crippen molar-refractivity contribution in [3.8, 4) is 5.75 Å². The predicted molar refractivity (Wildman–Crippen MR) is 72.4 cm³/mol. The van der Waals surface area contributed by atoms with E-state index in [4.69, 9.17) is 9.84 Å². The minimum Gasteiger partial charge on any atom is -0.479 e. The van der Waals surface area contributed by atoms with Gasteiger partial charge in [-0.1, -0.05) is 25.5 Å². The van der Waals surface area contributed by atoms with Gasteiger partial charge in [0.05, 0.1) is 0 Å². The molecule has 1 aromatic rings. The molecule has 1 N–H and O–H groups in total. The van der Waals surface area contributed by atoms with E-state index in [9.17, 15) is 9.59 Å². The highest BCUT2D eigenvalue weighted by atomic mass is 16.5. The van der Waals surface area contributed by atoms with Crippen molar-refractivity contribution in [2.75, 3.05) is 0 Å². The SMILES string of the molecule is CCCCC(Oc1cccc(CC(C)=O)c1)C(=O)O. The fraction of sp³-hybridized carbons (Fsp3) is 0.467. The van der Waals surface area contributed by atoms with E-state index < -0.39 is 12.1 Å². The second-order valence-corrected chi connectivity index (χ2v) is 4.61. The summed E-state index contributed by atoms with van der Waals surface area (Å²) in [6.45, 7) is 3.53. The fourth-order valence-electron chi connectivity index (χ4n) is 1.80. The molecule has 104 valence electrons. The number of benzene rings is 1. The zero-order valence-electron chi connectivity index (χ0n) is 11.4. The molecule has 0 aliphatic rings.